The van der Waals surface area contributed by atoms with Crippen LogP contribution in [0.4, 0.5) is 0 Å². The summed E-state index contributed by atoms with van der Waals surface area (Å²) in [7, 11) is 0. The highest BCUT2D eigenvalue weighted by molar-refractivity contribution is 4.81. The molecule has 0 bridgehead atoms. The maximum absolute atomic E-state index is 4.96. The van der Waals surface area contributed by atoms with Crippen molar-refractivity contribution in [3.05, 3.63) is 12.2 Å². The Morgan fingerprint density at radius 1 is 1.77 bits per heavy atom. The lowest BCUT2D eigenvalue weighted by Crippen LogP contribution is -2.49. The van der Waals surface area contributed by atoms with Crippen molar-refractivity contribution in [3.63, 3.8) is 0 Å². The molecule has 5 nitrogen and oxygen atoms in total. The van der Waals surface area contributed by atoms with Crippen LogP contribution in [-0.2, 0) is 6.54 Å². The molecule has 1 atom stereocenters. The molecule has 5 heteroatoms. The zero-order chi connectivity index (χ0) is 9.10. The lowest BCUT2D eigenvalue weighted by atomic mass is 10.2. The van der Waals surface area contributed by atoms with Gasteiger partial charge in [-0.05, 0) is 6.92 Å². The van der Waals surface area contributed by atoms with Crippen LogP contribution in [-0.4, -0.2) is 40.7 Å². The Hall–Kier alpha value is -0.940. The summed E-state index contributed by atoms with van der Waals surface area (Å²) in [4.78, 5) is 6.34. The predicted molar refractivity (Wildman–Crippen MR) is 47.0 cm³/mol. The number of hydrogen-bond acceptors (Lipinski definition) is 5. The van der Waals surface area contributed by atoms with Crippen LogP contribution in [0.3, 0.4) is 0 Å². The number of hydrogen-bond donors (Lipinski definition) is 1. The summed E-state index contributed by atoms with van der Waals surface area (Å²) >= 11 is 0. The molecule has 0 radical (unpaired) electrons. The summed E-state index contributed by atoms with van der Waals surface area (Å²) < 4.78 is 4.96. The van der Waals surface area contributed by atoms with Gasteiger partial charge in [0.1, 0.15) is 0 Å². The first kappa shape index (κ1) is 8.65. The SMILES string of the molecule is CC1CNCCN1Cc1ncno1. The summed E-state index contributed by atoms with van der Waals surface area (Å²) in [6.45, 7) is 6.08. The van der Waals surface area contributed by atoms with Crippen LogP contribution in [0.5, 0.6) is 0 Å². The van der Waals surface area contributed by atoms with Gasteiger partial charge in [0.25, 0.3) is 0 Å². The zero-order valence-corrected chi connectivity index (χ0v) is 7.73. The van der Waals surface area contributed by atoms with Gasteiger partial charge in [0, 0.05) is 25.7 Å². The highest BCUT2D eigenvalue weighted by Crippen LogP contribution is 2.06. The quantitative estimate of drug-likeness (QED) is 0.690. The van der Waals surface area contributed by atoms with Crippen LogP contribution in [0.1, 0.15) is 12.8 Å². The van der Waals surface area contributed by atoms with Crippen molar-refractivity contribution in [3.8, 4) is 0 Å². The summed E-state index contributed by atoms with van der Waals surface area (Å²) in [5.74, 6) is 0.703. The molecule has 2 heterocycles. The summed E-state index contributed by atoms with van der Waals surface area (Å²) in [6.07, 6.45) is 1.45. The molecule has 1 N–H and O–H groups in total. The molecule has 1 aliphatic heterocycles. The van der Waals surface area contributed by atoms with Gasteiger partial charge in [0.05, 0.1) is 6.54 Å². The molecule has 0 amide bonds. The maximum Gasteiger partial charge on any atom is 0.240 e. The Balaban J connectivity index is 1.93. The second kappa shape index (κ2) is 3.85. The molecule has 0 aromatic carbocycles. The zero-order valence-electron chi connectivity index (χ0n) is 7.73. The van der Waals surface area contributed by atoms with E-state index in [0.29, 0.717) is 11.9 Å². The first-order valence-electron chi connectivity index (χ1n) is 4.56. The van der Waals surface area contributed by atoms with Gasteiger partial charge >= 0.3 is 0 Å². The highest BCUT2D eigenvalue weighted by Gasteiger charge is 2.19. The van der Waals surface area contributed by atoms with Crippen molar-refractivity contribution in [2.45, 2.75) is 19.5 Å². The molecule has 72 valence electrons. The fraction of sp³-hybridized carbons (Fsp3) is 0.750. The van der Waals surface area contributed by atoms with E-state index in [0.717, 1.165) is 26.2 Å². The molecule has 2 rings (SSSR count). The first-order chi connectivity index (χ1) is 6.36. The molecule has 1 saturated heterocycles. The molecule has 13 heavy (non-hydrogen) atoms. The minimum atomic E-state index is 0.542. The standard InChI is InChI=1S/C8H14N4O/c1-7-4-9-2-3-12(7)5-8-10-6-11-13-8/h6-7,9H,2-5H2,1H3. The Morgan fingerprint density at radius 2 is 2.69 bits per heavy atom. The monoisotopic (exact) mass is 182 g/mol. The normalized spacial score (nSPS) is 24.8. The number of nitrogens with one attached hydrogen (secondary N) is 1. The van der Waals surface area contributed by atoms with E-state index in [9.17, 15) is 0 Å². The van der Waals surface area contributed by atoms with Crippen LogP contribution in [0.25, 0.3) is 0 Å². The van der Waals surface area contributed by atoms with Crippen LogP contribution < -0.4 is 5.32 Å². The molecule has 1 aromatic heterocycles. The van der Waals surface area contributed by atoms with Crippen LogP contribution >= 0.6 is 0 Å². The van der Waals surface area contributed by atoms with Crippen molar-refractivity contribution in [2.24, 2.45) is 0 Å². The van der Waals surface area contributed by atoms with Crippen molar-refractivity contribution >= 4 is 0 Å². The number of nitrogens with zero attached hydrogens (tertiary/aromatic N) is 3. The van der Waals surface area contributed by atoms with Gasteiger partial charge in [0.15, 0.2) is 6.33 Å². The molecule has 1 aromatic rings. The molecule has 1 fully saturated rings. The smallest absolute Gasteiger partial charge is 0.240 e. The minimum Gasteiger partial charge on any atom is -0.338 e. The second-order valence-corrected chi connectivity index (χ2v) is 3.36. The summed E-state index contributed by atoms with van der Waals surface area (Å²) in [5.41, 5.74) is 0. The lowest BCUT2D eigenvalue weighted by molar-refractivity contribution is 0.146. The average molecular weight is 182 g/mol. The molecular formula is C8H14N4O. The van der Waals surface area contributed by atoms with E-state index < -0.39 is 0 Å². The third kappa shape index (κ3) is 2.05. The fourth-order valence-electron chi connectivity index (χ4n) is 1.56. The number of rotatable bonds is 2. The van der Waals surface area contributed by atoms with E-state index in [2.05, 4.69) is 27.3 Å². The Morgan fingerprint density at radius 3 is 3.38 bits per heavy atom. The van der Waals surface area contributed by atoms with Gasteiger partial charge < -0.3 is 9.84 Å². The van der Waals surface area contributed by atoms with E-state index in [1.807, 2.05) is 0 Å². The maximum atomic E-state index is 4.96. The summed E-state index contributed by atoms with van der Waals surface area (Å²) in [6, 6.07) is 0.542. The third-order valence-corrected chi connectivity index (χ3v) is 2.38. The van der Waals surface area contributed by atoms with E-state index in [4.69, 9.17) is 4.52 Å². The van der Waals surface area contributed by atoms with E-state index in [1.54, 1.807) is 0 Å². The third-order valence-electron chi connectivity index (χ3n) is 2.38. The number of piperazine rings is 1. The molecule has 1 aliphatic rings. The van der Waals surface area contributed by atoms with Crippen molar-refractivity contribution in [1.82, 2.24) is 20.4 Å². The van der Waals surface area contributed by atoms with Crippen LogP contribution in [0.2, 0.25) is 0 Å². The number of aromatic nitrogens is 2. The van der Waals surface area contributed by atoms with E-state index in [-0.39, 0.29) is 0 Å². The second-order valence-electron chi connectivity index (χ2n) is 3.36. The average Bonchev–Trinajstić information content (AvgIpc) is 2.61. The van der Waals surface area contributed by atoms with Crippen LogP contribution in [0.15, 0.2) is 10.9 Å². The van der Waals surface area contributed by atoms with Gasteiger partial charge in [0.2, 0.25) is 5.89 Å². The molecular weight excluding hydrogens is 168 g/mol. The molecule has 1 unspecified atom stereocenters. The summed E-state index contributed by atoms with van der Waals surface area (Å²) in [5, 5.41) is 6.92. The van der Waals surface area contributed by atoms with Gasteiger partial charge in [-0.1, -0.05) is 5.16 Å². The fourth-order valence-corrected chi connectivity index (χ4v) is 1.56. The highest BCUT2D eigenvalue weighted by atomic mass is 16.5. The first-order valence-corrected chi connectivity index (χ1v) is 4.56. The Kier molecular flexibility index (Phi) is 2.56. The van der Waals surface area contributed by atoms with Gasteiger partial charge in [-0.25, -0.2) is 0 Å². The molecule has 0 aliphatic carbocycles. The topological polar surface area (TPSA) is 54.2 Å². The van der Waals surface area contributed by atoms with Crippen molar-refractivity contribution < 1.29 is 4.52 Å². The Bertz CT molecular complexity index is 249. The molecule has 0 spiro atoms. The predicted octanol–water partition coefficient (Wildman–Crippen LogP) is -0.137. The van der Waals surface area contributed by atoms with Gasteiger partial charge in [-0.3, -0.25) is 4.90 Å². The van der Waals surface area contributed by atoms with Gasteiger partial charge in [-0.15, -0.1) is 0 Å². The van der Waals surface area contributed by atoms with Crippen molar-refractivity contribution in [2.75, 3.05) is 19.6 Å². The minimum absolute atomic E-state index is 0.542. The lowest BCUT2D eigenvalue weighted by Gasteiger charge is -2.32. The van der Waals surface area contributed by atoms with Crippen molar-refractivity contribution in [1.29, 1.82) is 0 Å². The van der Waals surface area contributed by atoms with Gasteiger partial charge in [-0.2, -0.15) is 4.98 Å². The Labute approximate surface area is 77.1 Å². The largest absolute Gasteiger partial charge is 0.338 e. The van der Waals surface area contributed by atoms with E-state index >= 15 is 0 Å². The molecule has 0 saturated carbocycles. The van der Waals surface area contributed by atoms with E-state index in [1.165, 1.54) is 6.33 Å². The van der Waals surface area contributed by atoms with Crippen LogP contribution in [0, 0.1) is 0 Å².